The van der Waals surface area contributed by atoms with Crippen LogP contribution in [0.1, 0.15) is 18.1 Å². The molecule has 0 unspecified atom stereocenters. The lowest BCUT2D eigenvalue weighted by molar-refractivity contribution is -0.115. The second kappa shape index (κ2) is 5.39. The highest BCUT2D eigenvalue weighted by atomic mass is 16.3. The normalized spacial score (nSPS) is 9.82. The highest BCUT2D eigenvalue weighted by Gasteiger charge is 2.09. The Morgan fingerprint density at radius 2 is 2.06 bits per heavy atom. The van der Waals surface area contributed by atoms with E-state index >= 15 is 0 Å². The average molecular weight is 234 g/mol. The molecular weight excluding hydrogens is 216 g/mol. The van der Waals surface area contributed by atoms with Gasteiger partial charge in [-0.1, -0.05) is 12.6 Å². The van der Waals surface area contributed by atoms with Crippen LogP contribution in [0.3, 0.4) is 0 Å². The third kappa shape index (κ3) is 3.52. The van der Waals surface area contributed by atoms with E-state index < -0.39 is 0 Å². The molecule has 1 aromatic rings. The number of carbonyl (C=O) groups excluding carboxylic acids is 1. The number of hydrogen-bond acceptors (Lipinski definition) is 3. The van der Waals surface area contributed by atoms with Crippen molar-refractivity contribution in [3.8, 4) is 5.75 Å². The minimum absolute atomic E-state index is 0.162. The van der Waals surface area contributed by atoms with E-state index in [1.807, 2.05) is 6.92 Å². The van der Waals surface area contributed by atoms with Crippen LogP contribution in [0.5, 0.6) is 5.75 Å². The minimum Gasteiger partial charge on any atom is -0.508 e. The molecule has 0 fully saturated rings. The average Bonchev–Trinajstić information content (AvgIpc) is 2.27. The maximum atomic E-state index is 11.6. The molecule has 0 spiro atoms. The fourth-order valence-corrected chi connectivity index (χ4v) is 1.44. The summed E-state index contributed by atoms with van der Waals surface area (Å²) in [5, 5.41) is 15.2. The number of aryl methyl sites for hydroxylation is 1. The van der Waals surface area contributed by atoms with E-state index in [1.54, 1.807) is 26.0 Å². The summed E-state index contributed by atoms with van der Waals surface area (Å²) in [6.45, 7) is 9.26. The Morgan fingerprint density at radius 3 is 2.65 bits per heavy atom. The summed E-state index contributed by atoms with van der Waals surface area (Å²) in [5.74, 6) is 0.0172. The molecule has 17 heavy (non-hydrogen) atoms. The lowest BCUT2D eigenvalue weighted by Gasteiger charge is -2.13. The topological polar surface area (TPSA) is 61.4 Å². The number of aromatic hydroxyl groups is 1. The van der Waals surface area contributed by atoms with Crippen LogP contribution in [0.4, 0.5) is 5.69 Å². The molecule has 0 aliphatic heterocycles. The summed E-state index contributed by atoms with van der Waals surface area (Å²) < 4.78 is 0. The Hall–Kier alpha value is -1.97. The molecule has 0 heterocycles. The third-order valence-corrected chi connectivity index (χ3v) is 2.46. The Balaban J connectivity index is 2.78. The van der Waals surface area contributed by atoms with Crippen molar-refractivity contribution in [1.29, 1.82) is 0 Å². The van der Waals surface area contributed by atoms with E-state index in [-0.39, 0.29) is 18.2 Å². The van der Waals surface area contributed by atoms with Gasteiger partial charge in [-0.2, -0.15) is 0 Å². The Morgan fingerprint density at radius 1 is 1.41 bits per heavy atom. The van der Waals surface area contributed by atoms with Crippen LogP contribution in [0.15, 0.2) is 24.4 Å². The van der Waals surface area contributed by atoms with E-state index in [2.05, 4.69) is 17.2 Å². The predicted octanol–water partition coefficient (Wildman–Crippen LogP) is 2.07. The largest absolute Gasteiger partial charge is 0.508 e. The molecule has 3 N–H and O–H groups in total. The van der Waals surface area contributed by atoms with Crippen molar-refractivity contribution in [2.75, 3.05) is 11.9 Å². The van der Waals surface area contributed by atoms with Crippen molar-refractivity contribution >= 4 is 11.6 Å². The van der Waals surface area contributed by atoms with Crippen LogP contribution in [0.25, 0.3) is 0 Å². The van der Waals surface area contributed by atoms with E-state index in [4.69, 9.17) is 0 Å². The lowest BCUT2D eigenvalue weighted by Crippen LogP contribution is -2.27. The molecule has 0 saturated carbocycles. The maximum absolute atomic E-state index is 11.6. The number of benzene rings is 1. The first-order valence-corrected chi connectivity index (χ1v) is 5.40. The second-order valence-electron chi connectivity index (χ2n) is 4.08. The Kier molecular flexibility index (Phi) is 4.15. The molecule has 0 saturated heterocycles. The third-order valence-electron chi connectivity index (χ3n) is 2.46. The molecule has 0 radical (unpaired) electrons. The molecular formula is C13H18N2O2. The fourth-order valence-electron chi connectivity index (χ4n) is 1.44. The first-order valence-electron chi connectivity index (χ1n) is 5.40. The zero-order valence-corrected chi connectivity index (χ0v) is 10.4. The summed E-state index contributed by atoms with van der Waals surface area (Å²) in [7, 11) is 0. The highest BCUT2D eigenvalue weighted by Crippen LogP contribution is 2.27. The first-order chi connectivity index (χ1) is 7.91. The van der Waals surface area contributed by atoms with E-state index in [1.165, 1.54) is 0 Å². The first kappa shape index (κ1) is 13.1. The summed E-state index contributed by atoms with van der Waals surface area (Å²) in [4.78, 5) is 11.6. The van der Waals surface area contributed by atoms with Gasteiger partial charge in [0.15, 0.2) is 0 Å². The number of phenols is 1. The molecule has 0 aromatic heterocycles. The predicted molar refractivity (Wildman–Crippen MR) is 69.0 cm³/mol. The van der Waals surface area contributed by atoms with Gasteiger partial charge in [0, 0.05) is 11.3 Å². The molecule has 0 atom stereocenters. The van der Waals surface area contributed by atoms with Crippen LogP contribution in [0, 0.1) is 13.8 Å². The van der Waals surface area contributed by atoms with Gasteiger partial charge in [-0.3, -0.25) is 4.79 Å². The maximum Gasteiger partial charge on any atom is 0.243 e. The number of nitrogens with one attached hydrogen (secondary N) is 2. The SMILES string of the molecule is C=C(C)NCC(=O)Nc1c(C)ccc(O)c1C. The van der Waals surface area contributed by atoms with Crippen molar-refractivity contribution in [3.63, 3.8) is 0 Å². The number of rotatable bonds is 4. The number of carbonyl (C=O) groups is 1. The molecule has 1 amide bonds. The van der Waals surface area contributed by atoms with Gasteiger partial charge in [-0.15, -0.1) is 0 Å². The quantitative estimate of drug-likeness (QED) is 0.747. The van der Waals surface area contributed by atoms with Gasteiger partial charge >= 0.3 is 0 Å². The van der Waals surface area contributed by atoms with Gasteiger partial charge in [-0.05, 0) is 32.4 Å². The van der Waals surface area contributed by atoms with E-state index in [9.17, 15) is 9.90 Å². The summed E-state index contributed by atoms with van der Waals surface area (Å²) in [6, 6.07) is 3.39. The standard InChI is InChI=1S/C13H18N2O2/c1-8(2)14-7-12(17)15-13-9(3)5-6-11(16)10(13)4/h5-6,14,16H,1,7H2,2-4H3,(H,15,17). The minimum atomic E-state index is -0.162. The zero-order valence-electron chi connectivity index (χ0n) is 10.4. The Labute approximate surface area is 101 Å². The number of amides is 1. The molecule has 1 aromatic carbocycles. The van der Waals surface area contributed by atoms with Gasteiger partial charge < -0.3 is 15.7 Å². The number of hydrogen-bond donors (Lipinski definition) is 3. The van der Waals surface area contributed by atoms with E-state index in [0.717, 1.165) is 11.3 Å². The van der Waals surface area contributed by atoms with Crippen molar-refractivity contribution in [2.24, 2.45) is 0 Å². The molecule has 92 valence electrons. The van der Waals surface area contributed by atoms with Gasteiger partial charge in [0.25, 0.3) is 0 Å². The number of allylic oxidation sites excluding steroid dienone is 1. The summed E-state index contributed by atoms with van der Waals surface area (Å²) in [6.07, 6.45) is 0. The van der Waals surface area contributed by atoms with Crippen LogP contribution in [0.2, 0.25) is 0 Å². The van der Waals surface area contributed by atoms with Crippen molar-refractivity contribution in [1.82, 2.24) is 5.32 Å². The van der Waals surface area contributed by atoms with Crippen LogP contribution >= 0.6 is 0 Å². The Bertz CT molecular complexity index is 453. The van der Waals surface area contributed by atoms with Crippen molar-refractivity contribution < 1.29 is 9.90 Å². The van der Waals surface area contributed by atoms with Crippen LogP contribution < -0.4 is 10.6 Å². The molecule has 0 aliphatic carbocycles. The van der Waals surface area contributed by atoms with Crippen molar-refractivity contribution in [3.05, 3.63) is 35.5 Å². The van der Waals surface area contributed by atoms with Crippen molar-refractivity contribution in [2.45, 2.75) is 20.8 Å². The molecule has 4 nitrogen and oxygen atoms in total. The smallest absolute Gasteiger partial charge is 0.243 e. The monoisotopic (exact) mass is 234 g/mol. The zero-order chi connectivity index (χ0) is 13.0. The summed E-state index contributed by atoms with van der Waals surface area (Å²) in [5.41, 5.74) is 3.00. The molecule has 0 aliphatic rings. The number of phenolic OH excluding ortho intramolecular Hbond substituents is 1. The lowest BCUT2D eigenvalue weighted by atomic mass is 10.1. The van der Waals surface area contributed by atoms with Gasteiger partial charge in [0.2, 0.25) is 5.91 Å². The van der Waals surface area contributed by atoms with Gasteiger partial charge in [0.1, 0.15) is 5.75 Å². The van der Waals surface area contributed by atoms with Gasteiger partial charge in [0.05, 0.1) is 12.2 Å². The number of anilines is 1. The molecule has 0 bridgehead atoms. The summed E-state index contributed by atoms with van der Waals surface area (Å²) >= 11 is 0. The second-order valence-corrected chi connectivity index (χ2v) is 4.08. The molecule has 4 heteroatoms. The van der Waals surface area contributed by atoms with Gasteiger partial charge in [-0.25, -0.2) is 0 Å². The van der Waals surface area contributed by atoms with Crippen LogP contribution in [-0.2, 0) is 4.79 Å². The highest BCUT2D eigenvalue weighted by molar-refractivity contribution is 5.94. The molecule has 1 rings (SSSR count). The van der Waals surface area contributed by atoms with E-state index in [0.29, 0.717) is 11.3 Å². The fraction of sp³-hybridized carbons (Fsp3) is 0.308. The van der Waals surface area contributed by atoms with Crippen LogP contribution in [-0.4, -0.2) is 17.6 Å².